The number of hydrogen-bond acceptors (Lipinski definition) is 4. The van der Waals surface area contributed by atoms with Gasteiger partial charge in [0.15, 0.2) is 6.61 Å². The molecular formula is C25H31N3O3. The predicted octanol–water partition coefficient (Wildman–Crippen LogP) is 3.54. The Morgan fingerprint density at radius 2 is 1.68 bits per heavy atom. The second-order valence-corrected chi connectivity index (χ2v) is 8.43. The van der Waals surface area contributed by atoms with Crippen LogP contribution in [-0.2, 0) is 16.1 Å². The van der Waals surface area contributed by atoms with Crippen molar-refractivity contribution < 1.29 is 14.3 Å². The average molecular weight is 422 g/mol. The lowest BCUT2D eigenvalue weighted by molar-refractivity contribution is -0.136. The molecule has 2 aromatic rings. The van der Waals surface area contributed by atoms with Crippen molar-refractivity contribution in [2.75, 3.05) is 38.1 Å². The fourth-order valence-electron chi connectivity index (χ4n) is 4.33. The summed E-state index contributed by atoms with van der Waals surface area (Å²) in [6, 6.07) is 17.5. The summed E-state index contributed by atoms with van der Waals surface area (Å²) >= 11 is 0. The molecule has 0 atom stereocenters. The molecule has 0 aromatic heterocycles. The van der Waals surface area contributed by atoms with Gasteiger partial charge in [-0.3, -0.25) is 14.5 Å². The van der Waals surface area contributed by atoms with Crippen molar-refractivity contribution in [3.63, 3.8) is 0 Å². The molecule has 0 aliphatic carbocycles. The fraction of sp³-hybridized carbons (Fsp3) is 0.440. The lowest BCUT2D eigenvalue weighted by Gasteiger charge is -2.31. The first kappa shape index (κ1) is 21.4. The summed E-state index contributed by atoms with van der Waals surface area (Å²) in [7, 11) is 0. The molecule has 0 radical (unpaired) electrons. The predicted molar refractivity (Wildman–Crippen MR) is 121 cm³/mol. The number of likely N-dealkylation sites (tertiary alicyclic amines) is 2. The highest BCUT2D eigenvalue weighted by Gasteiger charge is 2.27. The van der Waals surface area contributed by atoms with Crippen LogP contribution in [0.25, 0.3) is 0 Å². The van der Waals surface area contributed by atoms with Crippen LogP contribution < -0.4 is 10.1 Å². The Labute approximate surface area is 184 Å². The largest absolute Gasteiger partial charge is 0.484 e. The van der Waals surface area contributed by atoms with Crippen molar-refractivity contribution >= 4 is 17.5 Å². The van der Waals surface area contributed by atoms with Gasteiger partial charge >= 0.3 is 0 Å². The van der Waals surface area contributed by atoms with Gasteiger partial charge in [-0.25, -0.2) is 0 Å². The number of benzene rings is 2. The standard InChI is InChI=1S/C25H31N3O3/c29-24(19-31-23-9-2-1-3-10-23)28-15-11-21(12-16-28)25(30)26-22-8-6-7-20(17-22)18-27-13-4-5-14-27/h1-3,6-10,17,21H,4-5,11-16,18-19H2,(H,26,30). The minimum absolute atomic E-state index is 0.0303. The van der Waals surface area contributed by atoms with E-state index in [2.05, 4.69) is 22.3 Å². The van der Waals surface area contributed by atoms with E-state index in [4.69, 9.17) is 4.74 Å². The molecule has 6 heteroatoms. The van der Waals surface area contributed by atoms with Gasteiger partial charge in [-0.2, -0.15) is 0 Å². The van der Waals surface area contributed by atoms with Crippen molar-refractivity contribution in [1.82, 2.24) is 9.80 Å². The van der Waals surface area contributed by atoms with Crippen molar-refractivity contribution in [3.05, 3.63) is 60.2 Å². The van der Waals surface area contributed by atoms with Crippen LogP contribution in [-0.4, -0.2) is 54.4 Å². The molecule has 2 aliphatic heterocycles. The zero-order chi connectivity index (χ0) is 21.5. The van der Waals surface area contributed by atoms with E-state index in [9.17, 15) is 9.59 Å². The number of nitrogens with zero attached hydrogens (tertiary/aromatic N) is 2. The number of piperidine rings is 1. The first-order chi connectivity index (χ1) is 15.2. The molecule has 6 nitrogen and oxygen atoms in total. The van der Waals surface area contributed by atoms with E-state index in [1.807, 2.05) is 42.5 Å². The van der Waals surface area contributed by atoms with Crippen LogP contribution >= 0.6 is 0 Å². The fourth-order valence-corrected chi connectivity index (χ4v) is 4.33. The van der Waals surface area contributed by atoms with Crippen LogP contribution in [0.1, 0.15) is 31.2 Å². The second-order valence-electron chi connectivity index (χ2n) is 8.43. The summed E-state index contributed by atoms with van der Waals surface area (Å²) in [6.07, 6.45) is 3.90. The second kappa shape index (κ2) is 10.4. The molecule has 2 amide bonds. The van der Waals surface area contributed by atoms with Gasteiger partial charge in [-0.15, -0.1) is 0 Å². The van der Waals surface area contributed by atoms with E-state index in [1.165, 1.54) is 18.4 Å². The number of nitrogens with one attached hydrogen (secondary N) is 1. The van der Waals surface area contributed by atoms with Gasteiger partial charge in [0.2, 0.25) is 5.91 Å². The molecule has 0 spiro atoms. The van der Waals surface area contributed by atoms with Crippen molar-refractivity contribution in [1.29, 1.82) is 0 Å². The topological polar surface area (TPSA) is 61.9 Å². The SMILES string of the molecule is O=C(Nc1cccc(CN2CCCC2)c1)C1CCN(C(=O)COc2ccccc2)CC1. The highest BCUT2D eigenvalue weighted by Crippen LogP contribution is 2.21. The summed E-state index contributed by atoms with van der Waals surface area (Å²) < 4.78 is 5.56. The quantitative estimate of drug-likeness (QED) is 0.743. The molecular weight excluding hydrogens is 390 g/mol. The Morgan fingerprint density at radius 1 is 0.935 bits per heavy atom. The zero-order valence-electron chi connectivity index (χ0n) is 18.0. The molecule has 0 bridgehead atoms. The number of carbonyl (C=O) groups excluding carboxylic acids is 2. The Balaban J connectivity index is 1.22. The van der Waals surface area contributed by atoms with Crippen LogP contribution in [0.3, 0.4) is 0 Å². The Bertz CT molecular complexity index is 873. The number of para-hydroxylation sites is 1. The van der Waals surface area contributed by atoms with E-state index in [0.29, 0.717) is 31.7 Å². The number of hydrogen-bond donors (Lipinski definition) is 1. The minimum atomic E-state index is -0.0682. The van der Waals surface area contributed by atoms with Gasteiger partial charge in [-0.05, 0) is 68.6 Å². The Hall–Kier alpha value is -2.86. The molecule has 164 valence electrons. The van der Waals surface area contributed by atoms with E-state index < -0.39 is 0 Å². The van der Waals surface area contributed by atoms with Gasteiger partial charge < -0.3 is 15.0 Å². The highest BCUT2D eigenvalue weighted by atomic mass is 16.5. The summed E-state index contributed by atoms with van der Waals surface area (Å²) in [4.78, 5) is 29.4. The van der Waals surface area contributed by atoms with Crippen LogP contribution in [0.5, 0.6) is 5.75 Å². The summed E-state index contributed by atoms with van der Waals surface area (Å²) in [5.41, 5.74) is 2.09. The molecule has 31 heavy (non-hydrogen) atoms. The maximum absolute atomic E-state index is 12.8. The monoisotopic (exact) mass is 421 g/mol. The van der Waals surface area contributed by atoms with E-state index >= 15 is 0 Å². The maximum Gasteiger partial charge on any atom is 0.260 e. The molecule has 2 aliphatic rings. The number of amides is 2. The third kappa shape index (κ3) is 6.07. The molecule has 2 heterocycles. The van der Waals surface area contributed by atoms with Crippen molar-refractivity contribution in [2.45, 2.75) is 32.2 Å². The number of anilines is 1. The molecule has 0 saturated carbocycles. The van der Waals surface area contributed by atoms with E-state index in [-0.39, 0.29) is 24.3 Å². The van der Waals surface area contributed by atoms with Gasteiger partial charge in [0.05, 0.1) is 0 Å². The summed E-state index contributed by atoms with van der Waals surface area (Å²) in [5.74, 6) is 0.640. The molecule has 2 saturated heterocycles. The lowest BCUT2D eigenvalue weighted by atomic mass is 9.95. The minimum Gasteiger partial charge on any atom is -0.484 e. The normalized spacial score (nSPS) is 17.5. The van der Waals surface area contributed by atoms with Gasteiger partial charge in [0.25, 0.3) is 5.91 Å². The molecule has 2 aromatic carbocycles. The van der Waals surface area contributed by atoms with Gasteiger partial charge in [0.1, 0.15) is 5.75 Å². The van der Waals surface area contributed by atoms with Crippen LogP contribution in [0.4, 0.5) is 5.69 Å². The summed E-state index contributed by atoms with van der Waals surface area (Å²) in [6.45, 7) is 4.46. The molecule has 4 rings (SSSR count). The van der Waals surface area contributed by atoms with Gasteiger partial charge in [-0.1, -0.05) is 30.3 Å². The molecule has 0 unspecified atom stereocenters. The number of ether oxygens (including phenoxy) is 1. The average Bonchev–Trinajstić information content (AvgIpc) is 3.31. The molecule has 2 fully saturated rings. The Morgan fingerprint density at radius 3 is 2.42 bits per heavy atom. The highest BCUT2D eigenvalue weighted by molar-refractivity contribution is 5.92. The number of carbonyl (C=O) groups is 2. The Kier molecular flexibility index (Phi) is 7.20. The van der Waals surface area contributed by atoms with Crippen molar-refractivity contribution in [2.24, 2.45) is 5.92 Å². The first-order valence-corrected chi connectivity index (χ1v) is 11.3. The maximum atomic E-state index is 12.8. The first-order valence-electron chi connectivity index (χ1n) is 11.3. The van der Waals surface area contributed by atoms with Crippen LogP contribution in [0.2, 0.25) is 0 Å². The third-order valence-electron chi connectivity index (χ3n) is 6.12. The lowest BCUT2D eigenvalue weighted by Crippen LogP contribution is -2.43. The van der Waals surface area contributed by atoms with Crippen LogP contribution in [0.15, 0.2) is 54.6 Å². The zero-order valence-corrected chi connectivity index (χ0v) is 18.0. The summed E-state index contributed by atoms with van der Waals surface area (Å²) in [5, 5.41) is 3.08. The van der Waals surface area contributed by atoms with Crippen molar-refractivity contribution in [3.8, 4) is 5.75 Å². The van der Waals surface area contributed by atoms with Gasteiger partial charge in [0, 0.05) is 31.2 Å². The van der Waals surface area contributed by atoms with Crippen LogP contribution in [0, 0.1) is 5.92 Å². The van der Waals surface area contributed by atoms with E-state index in [0.717, 1.165) is 25.3 Å². The number of rotatable bonds is 7. The smallest absolute Gasteiger partial charge is 0.260 e. The molecule has 1 N–H and O–H groups in total. The third-order valence-corrected chi connectivity index (χ3v) is 6.12. The van der Waals surface area contributed by atoms with E-state index in [1.54, 1.807) is 4.90 Å².